The second-order valence-corrected chi connectivity index (χ2v) is 10.5. The van der Waals surface area contributed by atoms with E-state index < -0.39 is 0 Å². The van der Waals surface area contributed by atoms with E-state index in [9.17, 15) is 4.79 Å². The number of allylic oxidation sites excluding steroid dienone is 1. The zero-order valence-corrected chi connectivity index (χ0v) is 23.4. The normalized spacial score (nSPS) is 16.0. The summed E-state index contributed by atoms with van der Waals surface area (Å²) in [4.78, 5) is 35.4. The number of nitrogens with two attached hydrogens (primary N) is 1. The number of hydrogen-bond acceptors (Lipinski definition) is 10. The van der Waals surface area contributed by atoms with Gasteiger partial charge in [-0.05, 0) is 36.6 Å². The summed E-state index contributed by atoms with van der Waals surface area (Å²) in [7, 11) is 0. The van der Waals surface area contributed by atoms with Crippen molar-refractivity contribution in [3.8, 4) is 11.4 Å². The number of piperidine rings is 1. The summed E-state index contributed by atoms with van der Waals surface area (Å²) < 4.78 is 7.56. The van der Waals surface area contributed by atoms with Gasteiger partial charge in [0.05, 0.1) is 42.8 Å². The van der Waals surface area contributed by atoms with Crippen molar-refractivity contribution in [1.29, 1.82) is 0 Å². The molecule has 0 unspecified atom stereocenters. The summed E-state index contributed by atoms with van der Waals surface area (Å²) in [6, 6.07) is 7.94. The number of nitrogen functional groups attached to an aromatic ring is 1. The van der Waals surface area contributed by atoms with E-state index in [0.717, 1.165) is 59.7 Å². The SMILES string of the molecule is C=CC(=C)Nc1ccc(CC(=O)N2CCC(n3ncc4c(N5CCOCC5)nc(-c5cnc(N)nc5)nc43)CC2)cc1. The van der Waals surface area contributed by atoms with Crippen LogP contribution in [-0.4, -0.2) is 79.9 Å². The standard InChI is InChI=1S/C30H34N10O2/c1-3-20(2)35-23-6-4-21(5-7-23)16-26(41)38-10-8-24(9-11-38)40-29-25(19-34-40)28(39-12-14-42-15-13-39)36-27(37-29)22-17-32-30(31)33-18-22/h3-7,17-19,24,35H,1-2,8-16H2,(H2,31,32,33). The third-order valence-electron chi connectivity index (χ3n) is 7.70. The van der Waals surface area contributed by atoms with Crippen LogP contribution in [-0.2, 0) is 16.0 Å². The van der Waals surface area contributed by atoms with Crippen LogP contribution in [0.25, 0.3) is 22.4 Å². The predicted molar refractivity (Wildman–Crippen MR) is 162 cm³/mol. The predicted octanol–water partition coefficient (Wildman–Crippen LogP) is 3.22. The summed E-state index contributed by atoms with van der Waals surface area (Å²) in [6.45, 7) is 11.6. The van der Waals surface area contributed by atoms with Crippen LogP contribution in [0.2, 0.25) is 0 Å². The molecular formula is C30H34N10O2. The first-order valence-corrected chi connectivity index (χ1v) is 14.1. The number of nitrogens with one attached hydrogen (secondary N) is 1. The van der Waals surface area contributed by atoms with Crippen molar-refractivity contribution < 1.29 is 9.53 Å². The fourth-order valence-electron chi connectivity index (χ4n) is 5.37. The fourth-order valence-corrected chi connectivity index (χ4v) is 5.37. The lowest BCUT2D eigenvalue weighted by molar-refractivity contribution is -0.131. The minimum atomic E-state index is 0.109. The second-order valence-electron chi connectivity index (χ2n) is 10.5. The number of ether oxygens (including phenoxy) is 1. The number of fused-ring (bicyclic) bond motifs is 1. The van der Waals surface area contributed by atoms with Crippen LogP contribution < -0.4 is 16.0 Å². The van der Waals surface area contributed by atoms with Gasteiger partial charge in [-0.25, -0.2) is 24.6 Å². The summed E-state index contributed by atoms with van der Waals surface area (Å²) in [5, 5.41) is 8.83. The summed E-state index contributed by atoms with van der Waals surface area (Å²) >= 11 is 0. The van der Waals surface area contributed by atoms with E-state index in [4.69, 9.17) is 25.5 Å². The molecule has 1 amide bonds. The largest absolute Gasteiger partial charge is 0.378 e. The van der Waals surface area contributed by atoms with Crippen LogP contribution >= 0.6 is 0 Å². The summed E-state index contributed by atoms with van der Waals surface area (Å²) in [5.74, 6) is 1.67. The van der Waals surface area contributed by atoms with Gasteiger partial charge in [-0.3, -0.25) is 4.79 Å². The highest BCUT2D eigenvalue weighted by atomic mass is 16.5. The van der Waals surface area contributed by atoms with E-state index in [0.29, 0.717) is 44.1 Å². The van der Waals surface area contributed by atoms with Gasteiger partial charge in [-0.1, -0.05) is 25.3 Å². The Bertz CT molecular complexity index is 1590. The van der Waals surface area contributed by atoms with Crippen LogP contribution in [0, 0.1) is 0 Å². The Morgan fingerprint density at radius 1 is 1.05 bits per heavy atom. The number of carbonyl (C=O) groups excluding carboxylic acids is 1. The third-order valence-corrected chi connectivity index (χ3v) is 7.70. The molecule has 42 heavy (non-hydrogen) atoms. The third kappa shape index (κ3) is 5.79. The molecule has 0 aliphatic carbocycles. The second kappa shape index (κ2) is 12.0. The van der Waals surface area contributed by atoms with Gasteiger partial charge in [-0.15, -0.1) is 0 Å². The molecule has 0 spiro atoms. The number of likely N-dealkylation sites (tertiary alicyclic amines) is 1. The zero-order valence-electron chi connectivity index (χ0n) is 23.4. The van der Waals surface area contributed by atoms with Gasteiger partial charge in [0.15, 0.2) is 11.5 Å². The number of aromatic nitrogens is 6. The maximum atomic E-state index is 13.1. The van der Waals surface area contributed by atoms with Gasteiger partial charge in [0.25, 0.3) is 0 Å². The zero-order chi connectivity index (χ0) is 29.1. The Labute approximate surface area is 243 Å². The number of amides is 1. The average molecular weight is 567 g/mol. The molecule has 1 aromatic carbocycles. The fraction of sp³-hybridized carbons (Fsp3) is 0.333. The Kier molecular flexibility index (Phi) is 7.78. The van der Waals surface area contributed by atoms with Crippen molar-refractivity contribution in [2.24, 2.45) is 0 Å². The lowest BCUT2D eigenvalue weighted by atomic mass is 10.0. The Morgan fingerprint density at radius 3 is 2.45 bits per heavy atom. The van der Waals surface area contributed by atoms with E-state index in [1.807, 2.05) is 40.0 Å². The molecule has 2 fully saturated rings. The van der Waals surface area contributed by atoms with Crippen molar-refractivity contribution in [1.82, 2.24) is 34.6 Å². The Hall–Kier alpha value is -4.84. The number of hydrogen-bond donors (Lipinski definition) is 2. The van der Waals surface area contributed by atoms with Gasteiger partial charge in [0.1, 0.15) is 5.82 Å². The van der Waals surface area contributed by atoms with Gasteiger partial charge in [0, 0.05) is 50.0 Å². The number of benzene rings is 1. The Balaban J connectivity index is 1.18. The Morgan fingerprint density at radius 2 is 1.76 bits per heavy atom. The number of carbonyl (C=O) groups is 1. The maximum Gasteiger partial charge on any atom is 0.226 e. The van der Waals surface area contributed by atoms with Crippen molar-refractivity contribution in [3.63, 3.8) is 0 Å². The molecule has 216 valence electrons. The molecular weight excluding hydrogens is 532 g/mol. The number of nitrogens with zero attached hydrogens (tertiary/aromatic N) is 8. The molecule has 2 aliphatic rings. The first-order chi connectivity index (χ1) is 20.5. The molecule has 12 heteroatoms. The van der Waals surface area contributed by atoms with Crippen LogP contribution in [0.3, 0.4) is 0 Å². The smallest absolute Gasteiger partial charge is 0.226 e. The van der Waals surface area contributed by atoms with Crippen LogP contribution in [0.15, 0.2) is 67.8 Å². The number of rotatable bonds is 8. The highest BCUT2D eigenvalue weighted by molar-refractivity contribution is 5.89. The molecule has 3 N–H and O–H groups in total. The van der Waals surface area contributed by atoms with Gasteiger partial charge < -0.3 is 25.6 Å². The number of anilines is 3. The van der Waals surface area contributed by atoms with E-state index in [1.54, 1.807) is 18.5 Å². The molecule has 0 bridgehead atoms. The number of morpholine rings is 1. The first-order valence-electron chi connectivity index (χ1n) is 14.1. The summed E-state index contributed by atoms with van der Waals surface area (Å²) in [5.41, 5.74) is 9.77. The minimum Gasteiger partial charge on any atom is -0.378 e. The van der Waals surface area contributed by atoms with Crippen molar-refractivity contribution >= 4 is 34.4 Å². The van der Waals surface area contributed by atoms with Gasteiger partial charge in [0.2, 0.25) is 11.9 Å². The molecule has 12 nitrogen and oxygen atoms in total. The molecule has 5 heterocycles. The molecule has 3 aromatic heterocycles. The minimum absolute atomic E-state index is 0.109. The van der Waals surface area contributed by atoms with Crippen LogP contribution in [0.5, 0.6) is 0 Å². The molecule has 0 saturated carbocycles. The average Bonchev–Trinajstić information content (AvgIpc) is 3.46. The highest BCUT2D eigenvalue weighted by Crippen LogP contribution is 2.32. The lowest BCUT2D eigenvalue weighted by Gasteiger charge is -2.32. The molecule has 4 aromatic rings. The van der Waals surface area contributed by atoms with Crippen LogP contribution in [0.4, 0.5) is 17.5 Å². The highest BCUT2D eigenvalue weighted by Gasteiger charge is 2.28. The molecule has 2 aliphatic heterocycles. The molecule has 2 saturated heterocycles. The van der Waals surface area contributed by atoms with Crippen LogP contribution in [0.1, 0.15) is 24.4 Å². The topological polar surface area (TPSA) is 140 Å². The molecule has 0 atom stereocenters. The lowest BCUT2D eigenvalue weighted by Crippen LogP contribution is -2.40. The van der Waals surface area contributed by atoms with Gasteiger partial charge >= 0.3 is 0 Å². The quantitative estimate of drug-likeness (QED) is 0.306. The molecule has 6 rings (SSSR count). The van der Waals surface area contributed by atoms with E-state index >= 15 is 0 Å². The van der Waals surface area contributed by atoms with Crippen molar-refractivity contribution in [2.75, 3.05) is 55.3 Å². The monoisotopic (exact) mass is 566 g/mol. The maximum absolute atomic E-state index is 13.1. The van der Waals surface area contributed by atoms with E-state index in [2.05, 4.69) is 33.3 Å². The first kappa shape index (κ1) is 27.3. The van der Waals surface area contributed by atoms with Crippen molar-refractivity contribution in [2.45, 2.75) is 25.3 Å². The van der Waals surface area contributed by atoms with Gasteiger partial charge in [-0.2, -0.15) is 5.10 Å². The van der Waals surface area contributed by atoms with E-state index in [-0.39, 0.29) is 17.9 Å². The van der Waals surface area contributed by atoms with E-state index in [1.165, 1.54) is 0 Å². The molecule has 0 radical (unpaired) electrons. The summed E-state index contributed by atoms with van der Waals surface area (Å²) in [6.07, 6.45) is 8.72. The van der Waals surface area contributed by atoms with Crippen molar-refractivity contribution in [3.05, 3.63) is 73.4 Å².